The Bertz CT molecular complexity index is 766. The van der Waals surface area contributed by atoms with Gasteiger partial charge in [-0.15, -0.1) is 0 Å². The molecule has 0 radical (unpaired) electrons. The summed E-state index contributed by atoms with van der Waals surface area (Å²) in [7, 11) is 1.89. The Balaban J connectivity index is 1.99. The van der Waals surface area contributed by atoms with E-state index in [9.17, 15) is 19.8 Å². The van der Waals surface area contributed by atoms with Gasteiger partial charge in [-0.05, 0) is 24.6 Å². The van der Waals surface area contributed by atoms with E-state index in [2.05, 4.69) is 0 Å². The molecule has 126 valence electrons. The molecule has 6 nitrogen and oxygen atoms in total. The molecule has 2 aliphatic rings. The number of aryl methyl sites for hydroxylation is 1. The van der Waals surface area contributed by atoms with E-state index in [-0.39, 0.29) is 23.6 Å². The van der Waals surface area contributed by atoms with E-state index in [1.807, 2.05) is 49.0 Å². The number of allylic oxidation sites excluding steroid dienone is 1. The standard InChI is InChI=1S/C18H20N2O4/c1-10-13(8-7-12-6-4-5-9-19(12)3)16(18(23)24)20-15(10)14(11(2)21)17(20)22/h4-11,14-15,21H,1-3H3/t10-,11+,14+,15+/m0/s1. The summed E-state index contributed by atoms with van der Waals surface area (Å²) in [6, 6.07) is 5.38. The van der Waals surface area contributed by atoms with Crippen LogP contribution in [0.25, 0.3) is 6.08 Å². The number of amides is 1. The van der Waals surface area contributed by atoms with Crippen LogP contribution in [0.4, 0.5) is 0 Å². The molecule has 1 fully saturated rings. The first-order valence-corrected chi connectivity index (χ1v) is 7.94. The number of rotatable bonds is 4. The zero-order chi connectivity index (χ0) is 17.6. The Morgan fingerprint density at radius 1 is 1.42 bits per heavy atom. The van der Waals surface area contributed by atoms with Crippen LogP contribution < -0.4 is 9.67 Å². The van der Waals surface area contributed by atoms with Gasteiger partial charge in [-0.25, -0.2) is 4.57 Å². The van der Waals surface area contributed by atoms with E-state index in [4.69, 9.17) is 0 Å². The van der Waals surface area contributed by atoms with E-state index in [1.54, 1.807) is 13.0 Å². The van der Waals surface area contributed by atoms with Crippen LogP contribution in [0.3, 0.4) is 0 Å². The molecule has 1 amide bonds. The molecule has 4 atom stereocenters. The minimum atomic E-state index is -1.36. The number of aliphatic carboxylic acids is 1. The van der Waals surface area contributed by atoms with Crippen LogP contribution in [0.1, 0.15) is 19.5 Å². The summed E-state index contributed by atoms with van der Waals surface area (Å²) in [6.07, 6.45) is 4.64. The van der Waals surface area contributed by atoms with Crippen LogP contribution in [0.15, 0.2) is 41.7 Å². The van der Waals surface area contributed by atoms with Gasteiger partial charge in [0.25, 0.3) is 0 Å². The number of hydrogen-bond donors (Lipinski definition) is 1. The normalized spacial score (nSPS) is 27.4. The third-order valence-corrected chi connectivity index (χ3v) is 4.95. The molecule has 0 aliphatic carbocycles. The Labute approximate surface area is 140 Å². The number of aromatic nitrogens is 1. The minimum Gasteiger partial charge on any atom is -0.543 e. The number of fused-ring (bicyclic) bond motifs is 1. The van der Waals surface area contributed by atoms with Gasteiger partial charge in [0.1, 0.15) is 7.05 Å². The monoisotopic (exact) mass is 328 g/mol. The van der Waals surface area contributed by atoms with Crippen LogP contribution in [0.5, 0.6) is 0 Å². The number of carbonyl (C=O) groups excluding carboxylic acids is 2. The highest BCUT2D eigenvalue weighted by Crippen LogP contribution is 2.47. The fraction of sp³-hybridized carbons (Fsp3) is 0.389. The first-order chi connectivity index (χ1) is 11.3. The molecule has 6 heteroatoms. The molecule has 1 N–H and O–H groups in total. The third kappa shape index (κ3) is 2.34. The van der Waals surface area contributed by atoms with E-state index >= 15 is 0 Å². The van der Waals surface area contributed by atoms with Crippen molar-refractivity contribution in [2.75, 3.05) is 0 Å². The Kier molecular flexibility index (Phi) is 4.01. The number of aliphatic hydroxyl groups excluding tert-OH is 1. The lowest BCUT2D eigenvalue weighted by Gasteiger charge is -2.47. The number of aliphatic hydroxyl groups is 1. The van der Waals surface area contributed by atoms with Gasteiger partial charge in [-0.3, -0.25) is 4.79 Å². The summed E-state index contributed by atoms with van der Waals surface area (Å²) < 4.78 is 1.91. The maximum Gasteiger partial charge on any atom is 0.235 e. The SMILES string of the molecule is C[C@@H](O)[C@H]1C(=O)N2C(C(=O)[O-])=C(/C=C/c3cccc[n+]3C)[C@H](C)[C@H]12. The molecule has 0 spiro atoms. The molecule has 2 aliphatic heterocycles. The van der Waals surface area contributed by atoms with Gasteiger partial charge in [0, 0.05) is 24.1 Å². The summed E-state index contributed by atoms with van der Waals surface area (Å²) in [5, 5.41) is 21.4. The largest absolute Gasteiger partial charge is 0.543 e. The van der Waals surface area contributed by atoms with Gasteiger partial charge < -0.3 is 19.9 Å². The first kappa shape index (κ1) is 16.4. The number of nitrogens with zero attached hydrogens (tertiary/aromatic N) is 2. The van der Waals surface area contributed by atoms with E-state index in [0.717, 1.165) is 5.69 Å². The van der Waals surface area contributed by atoms with E-state index < -0.39 is 18.0 Å². The smallest absolute Gasteiger partial charge is 0.235 e. The molecule has 1 aromatic heterocycles. The first-order valence-electron chi connectivity index (χ1n) is 7.94. The van der Waals surface area contributed by atoms with Crippen molar-refractivity contribution in [3.05, 3.63) is 47.4 Å². The van der Waals surface area contributed by atoms with Gasteiger partial charge in [-0.2, -0.15) is 0 Å². The van der Waals surface area contributed by atoms with Crippen LogP contribution >= 0.6 is 0 Å². The highest BCUT2D eigenvalue weighted by Gasteiger charge is 2.58. The minimum absolute atomic E-state index is 0.0794. The number of carboxylic acid groups (broad SMARTS) is 1. The average Bonchev–Trinajstić information content (AvgIpc) is 2.75. The summed E-state index contributed by atoms with van der Waals surface area (Å²) in [6.45, 7) is 3.43. The molecule has 0 saturated carbocycles. The zero-order valence-electron chi connectivity index (χ0n) is 13.8. The van der Waals surface area contributed by atoms with Crippen LogP contribution in [0.2, 0.25) is 0 Å². The van der Waals surface area contributed by atoms with Crippen molar-refractivity contribution in [1.29, 1.82) is 0 Å². The van der Waals surface area contributed by atoms with Crippen molar-refractivity contribution in [1.82, 2.24) is 4.90 Å². The van der Waals surface area contributed by atoms with Gasteiger partial charge in [0.15, 0.2) is 6.20 Å². The Hall–Kier alpha value is -2.47. The second-order valence-electron chi connectivity index (χ2n) is 6.42. The second-order valence-corrected chi connectivity index (χ2v) is 6.42. The van der Waals surface area contributed by atoms with Crippen molar-refractivity contribution in [2.24, 2.45) is 18.9 Å². The molecule has 3 rings (SSSR count). The molecule has 0 bridgehead atoms. The zero-order valence-corrected chi connectivity index (χ0v) is 13.8. The molecular weight excluding hydrogens is 308 g/mol. The number of pyridine rings is 1. The number of β-lactam (4-membered cyclic amide) rings is 1. The molecule has 24 heavy (non-hydrogen) atoms. The Morgan fingerprint density at radius 3 is 2.71 bits per heavy atom. The summed E-state index contributed by atoms with van der Waals surface area (Å²) in [5.74, 6) is -2.46. The average molecular weight is 328 g/mol. The lowest BCUT2D eigenvalue weighted by Crippen LogP contribution is -2.64. The lowest BCUT2D eigenvalue weighted by atomic mass is 9.77. The van der Waals surface area contributed by atoms with Crippen molar-refractivity contribution in [3.8, 4) is 0 Å². The topological polar surface area (TPSA) is 84.5 Å². The number of carbonyl (C=O) groups is 2. The highest BCUT2D eigenvalue weighted by atomic mass is 16.4. The van der Waals surface area contributed by atoms with Gasteiger partial charge in [0.05, 0.1) is 29.7 Å². The number of carboxylic acids is 1. The summed E-state index contributed by atoms with van der Waals surface area (Å²) >= 11 is 0. The fourth-order valence-electron chi connectivity index (χ4n) is 3.69. The third-order valence-electron chi connectivity index (χ3n) is 4.95. The maximum absolute atomic E-state index is 12.2. The van der Waals surface area contributed by atoms with Crippen molar-refractivity contribution in [2.45, 2.75) is 26.0 Å². The summed E-state index contributed by atoms with van der Waals surface area (Å²) in [5.41, 5.74) is 1.38. The van der Waals surface area contributed by atoms with E-state index in [0.29, 0.717) is 5.57 Å². The fourth-order valence-corrected chi connectivity index (χ4v) is 3.69. The second kappa shape index (κ2) is 5.87. The maximum atomic E-state index is 12.2. The lowest BCUT2D eigenvalue weighted by molar-refractivity contribution is -0.673. The molecule has 3 heterocycles. The van der Waals surface area contributed by atoms with Gasteiger partial charge in [-0.1, -0.05) is 6.92 Å². The molecule has 1 saturated heterocycles. The van der Waals surface area contributed by atoms with Crippen LogP contribution in [0, 0.1) is 11.8 Å². The molecular formula is C18H20N2O4. The molecule has 0 unspecified atom stereocenters. The summed E-state index contributed by atoms with van der Waals surface area (Å²) in [4.78, 5) is 25.1. The van der Waals surface area contributed by atoms with Gasteiger partial charge >= 0.3 is 0 Å². The highest BCUT2D eigenvalue weighted by molar-refractivity contribution is 5.99. The number of hydrogen-bond acceptors (Lipinski definition) is 4. The van der Waals surface area contributed by atoms with Crippen molar-refractivity contribution < 1.29 is 24.4 Å². The van der Waals surface area contributed by atoms with E-state index in [1.165, 1.54) is 4.90 Å². The predicted octanol–water partition coefficient (Wildman–Crippen LogP) is -0.614. The molecule has 1 aromatic rings. The quantitative estimate of drug-likeness (QED) is 0.590. The Morgan fingerprint density at radius 2 is 2.12 bits per heavy atom. The van der Waals surface area contributed by atoms with Gasteiger partial charge in [0.2, 0.25) is 11.6 Å². The predicted molar refractivity (Wildman–Crippen MR) is 83.7 cm³/mol. The van der Waals surface area contributed by atoms with Crippen molar-refractivity contribution >= 4 is 18.0 Å². The molecule has 0 aromatic carbocycles. The van der Waals surface area contributed by atoms with Crippen LogP contribution in [-0.2, 0) is 16.6 Å². The van der Waals surface area contributed by atoms with Crippen LogP contribution in [-0.4, -0.2) is 34.0 Å². The van der Waals surface area contributed by atoms with Crippen molar-refractivity contribution in [3.63, 3.8) is 0 Å².